The van der Waals surface area contributed by atoms with Gasteiger partial charge in [-0.15, -0.1) is 0 Å². The normalized spacial score (nSPS) is 14.5. The number of carbonyl (C=O) groups is 4. The van der Waals surface area contributed by atoms with E-state index >= 15 is 0 Å². The molecule has 3 atom stereocenters. The molecule has 0 heterocycles. The molecule has 0 aromatic heterocycles. The van der Waals surface area contributed by atoms with Gasteiger partial charge in [0.05, 0.1) is 25.0 Å². The third kappa shape index (κ3) is 10.2. The highest BCUT2D eigenvalue weighted by molar-refractivity contribution is 5.90. The Bertz CT molecular complexity index is 1190. The summed E-state index contributed by atoms with van der Waals surface area (Å²) in [6.07, 6.45) is 0.615. The van der Waals surface area contributed by atoms with Crippen molar-refractivity contribution in [1.29, 1.82) is 0 Å². The average molecular weight is 581 g/mol. The van der Waals surface area contributed by atoms with E-state index in [4.69, 9.17) is 18.9 Å². The van der Waals surface area contributed by atoms with Crippen molar-refractivity contribution in [3.63, 3.8) is 0 Å². The largest absolute Gasteiger partial charge is 0.469 e. The van der Waals surface area contributed by atoms with Gasteiger partial charge < -0.3 is 18.9 Å². The summed E-state index contributed by atoms with van der Waals surface area (Å²) in [5, 5.41) is 0. The Labute approximate surface area is 249 Å². The molecule has 42 heavy (non-hydrogen) atoms. The molecule has 0 bridgehead atoms. The molecule has 0 saturated carbocycles. The lowest BCUT2D eigenvalue weighted by Gasteiger charge is -2.39. The molecule has 3 unspecified atom stereocenters. The number of ketones is 1. The lowest BCUT2D eigenvalue weighted by molar-refractivity contribution is -0.160. The second-order valence-electron chi connectivity index (χ2n) is 11.2. The molecule has 8 heteroatoms. The molecule has 2 rings (SSSR count). The van der Waals surface area contributed by atoms with Gasteiger partial charge in [-0.3, -0.25) is 14.4 Å². The number of hydrogen-bond acceptors (Lipinski definition) is 8. The highest BCUT2D eigenvalue weighted by atomic mass is 16.5. The van der Waals surface area contributed by atoms with E-state index < -0.39 is 34.7 Å². The van der Waals surface area contributed by atoms with Crippen LogP contribution < -0.4 is 0 Å². The molecule has 228 valence electrons. The number of ether oxygens (including phenoxy) is 4. The minimum atomic E-state index is -1.34. The number of rotatable bonds is 18. The number of Topliss-reactive ketones (excluding diaryl/α,β-unsaturated/α-hetero) is 1. The summed E-state index contributed by atoms with van der Waals surface area (Å²) < 4.78 is 21.4. The Morgan fingerprint density at radius 1 is 0.833 bits per heavy atom. The van der Waals surface area contributed by atoms with E-state index in [0.29, 0.717) is 6.42 Å². The van der Waals surface area contributed by atoms with Crippen LogP contribution in [-0.2, 0) is 51.3 Å². The fraction of sp³-hybridized carbons (Fsp3) is 0.471. The van der Waals surface area contributed by atoms with Gasteiger partial charge in [-0.2, -0.15) is 0 Å². The monoisotopic (exact) mass is 580 g/mol. The zero-order valence-electron chi connectivity index (χ0n) is 25.5. The minimum absolute atomic E-state index is 0.00858. The first kappa shape index (κ1) is 34.4. The second kappa shape index (κ2) is 16.6. The van der Waals surface area contributed by atoms with Crippen molar-refractivity contribution in [2.45, 2.75) is 66.1 Å². The van der Waals surface area contributed by atoms with Gasteiger partial charge >= 0.3 is 17.9 Å². The highest BCUT2D eigenvalue weighted by Crippen LogP contribution is 2.45. The van der Waals surface area contributed by atoms with Crippen LogP contribution in [0.15, 0.2) is 72.8 Å². The number of esters is 3. The van der Waals surface area contributed by atoms with E-state index in [9.17, 15) is 19.2 Å². The van der Waals surface area contributed by atoms with E-state index in [2.05, 4.69) is 6.58 Å². The first-order valence-electron chi connectivity index (χ1n) is 14.2. The van der Waals surface area contributed by atoms with Gasteiger partial charge in [0.1, 0.15) is 19.0 Å². The summed E-state index contributed by atoms with van der Waals surface area (Å²) >= 11 is 0. The van der Waals surface area contributed by atoms with Crippen LogP contribution in [0.3, 0.4) is 0 Å². The number of methoxy groups -OCH3 is 2. The predicted octanol–water partition coefficient (Wildman–Crippen LogP) is 6.02. The molecule has 0 spiro atoms. The van der Waals surface area contributed by atoms with E-state index in [0.717, 1.165) is 11.1 Å². The van der Waals surface area contributed by atoms with Crippen LogP contribution in [0, 0.1) is 16.7 Å². The molecule has 0 fully saturated rings. The van der Waals surface area contributed by atoms with Crippen LogP contribution in [0.4, 0.5) is 0 Å². The smallest absolute Gasteiger partial charge is 0.333 e. The minimum Gasteiger partial charge on any atom is -0.469 e. The fourth-order valence-corrected chi connectivity index (χ4v) is 5.22. The van der Waals surface area contributed by atoms with Crippen molar-refractivity contribution < 1.29 is 38.1 Å². The maximum absolute atomic E-state index is 13.8. The molecule has 8 nitrogen and oxygen atoms in total. The van der Waals surface area contributed by atoms with Crippen LogP contribution in [0.5, 0.6) is 0 Å². The van der Waals surface area contributed by atoms with Crippen molar-refractivity contribution in [3.05, 3.63) is 83.9 Å². The SMILES string of the molecule is C=C(CC(C)(CC(C)(CC(CC)C(=O)OC)C(=O)CCOC)C(=O)OCc1ccccc1)C(=O)OCc1ccccc1. The van der Waals surface area contributed by atoms with Gasteiger partial charge in [0.2, 0.25) is 0 Å². The van der Waals surface area contributed by atoms with E-state index in [1.165, 1.54) is 14.2 Å². The molecule has 2 aromatic rings. The average Bonchev–Trinajstić information content (AvgIpc) is 3.00. The molecule has 0 aliphatic heterocycles. The van der Waals surface area contributed by atoms with E-state index in [1.807, 2.05) is 67.6 Å². The summed E-state index contributed by atoms with van der Waals surface area (Å²) in [7, 11) is 2.81. The van der Waals surface area contributed by atoms with Gasteiger partial charge in [-0.25, -0.2) is 4.79 Å². The van der Waals surface area contributed by atoms with Crippen LogP contribution in [0.25, 0.3) is 0 Å². The van der Waals surface area contributed by atoms with Gasteiger partial charge in [0.25, 0.3) is 0 Å². The summed E-state index contributed by atoms with van der Waals surface area (Å²) in [5.74, 6) is -2.37. The van der Waals surface area contributed by atoms with Gasteiger partial charge in [0, 0.05) is 24.5 Å². The van der Waals surface area contributed by atoms with E-state index in [-0.39, 0.29) is 56.9 Å². The molecule has 0 saturated heterocycles. The fourth-order valence-electron chi connectivity index (χ4n) is 5.22. The maximum Gasteiger partial charge on any atom is 0.333 e. The van der Waals surface area contributed by atoms with Crippen molar-refractivity contribution in [2.75, 3.05) is 20.8 Å². The van der Waals surface area contributed by atoms with Crippen LogP contribution in [0.2, 0.25) is 0 Å². The number of hydrogen-bond donors (Lipinski definition) is 0. The summed E-state index contributed by atoms with van der Waals surface area (Å²) in [6, 6.07) is 18.5. The Morgan fingerprint density at radius 3 is 1.88 bits per heavy atom. The van der Waals surface area contributed by atoms with Crippen LogP contribution in [0.1, 0.15) is 64.0 Å². The Kier molecular flexibility index (Phi) is 13.6. The maximum atomic E-state index is 13.8. The molecule has 0 N–H and O–H groups in total. The van der Waals surface area contributed by atoms with Crippen LogP contribution in [-0.4, -0.2) is 44.5 Å². The quantitative estimate of drug-likeness (QED) is 0.120. The Hall–Kier alpha value is -3.78. The topological polar surface area (TPSA) is 105 Å². The second-order valence-corrected chi connectivity index (χ2v) is 11.2. The molecule has 2 aromatic carbocycles. The highest BCUT2D eigenvalue weighted by Gasteiger charge is 2.47. The van der Waals surface area contributed by atoms with Crippen LogP contribution >= 0.6 is 0 Å². The zero-order chi connectivity index (χ0) is 31.2. The first-order valence-corrected chi connectivity index (χ1v) is 14.2. The number of benzene rings is 2. The zero-order valence-corrected chi connectivity index (χ0v) is 25.5. The summed E-state index contributed by atoms with van der Waals surface area (Å²) in [5.41, 5.74) is -0.791. The lowest BCUT2D eigenvalue weighted by atomic mass is 9.64. The molecule has 0 aliphatic rings. The predicted molar refractivity (Wildman–Crippen MR) is 159 cm³/mol. The first-order chi connectivity index (χ1) is 20.0. The summed E-state index contributed by atoms with van der Waals surface area (Å²) in [6.45, 7) is 9.46. The standard InChI is InChI=1S/C34H44O8/c1-7-28(31(37)40-6)21-33(3,29(35)18-19-39-5)24-34(4,32(38)42-23-27-16-12-9-13-17-27)20-25(2)30(36)41-22-26-14-10-8-11-15-26/h8-17,28H,2,7,18-24H2,1,3-6H3. The Morgan fingerprint density at radius 2 is 1.38 bits per heavy atom. The molecular formula is C34H44O8. The molecule has 0 aliphatic carbocycles. The third-order valence-corrected chi connectivity index (χ3v) is 7.52. The Balaban J connectivity index is 2.38. The number of carbonyl (C=O) groups excluding carboxylic acids is 4. The van der Waals surface area contributed by atoms with Crippen molar-refractivity contribution in [3.8, 4) is 0 Å². The van der Waals surface area contributed by atoms with Gasteiger partial charge in [-0.1, -0.05) is 81.1 Å². The van der Waals surface area contributed by atoms with Gasteiger partial charge in [-0.05, 0) is 43.7 Å². The third-order valence-electron chi connectivity index (χ3n) is 7.52. The molecule has 0 amide bonds. The van der Waals surface area contributed by atoms with Crippen molar-refractivity contribution in [1.82, 2.24) is 0 Å². The van der Waals surface area contributed by atoms with E-state index in [1.54, 1.807) is 13.8 Å². The lowest BCUT2D eigenvalue weighted by Crippen LogP contribution is -2.42. The van der Waals surface area contributed by atoms with Gasteiger partial charge in [0.15, 0.2) is 0 Å². The van der Waals surface area contributed by atoms with Crippen molar-refractivity contribution >= 4 is 23.7 Å². The summed E-state index contributed by atoms with van der Waals surface area (Å²) in [4.78, 5) is 53.0. The molecular weight excluding hydrogens is 536 g/mol. The van der Waals surface area contributed by atoms with Crippen molar-refractivity contribution in [2.24, 2.45) is 16.7 Å². The molecule has 0 radical (unpaired) electrons.